The van der Waals surface area contributed by atoms with E-state index in [2.05, 4.69) is 5.32 Å². The summed E-state index contributed by atoms with van der Waals surface area (Å²) >= 11 is 0. The predicted octanol–water partition coefficient (Wildman–Crippen LogP) is -1.12. The van der Waals surface area contributed by atoms with Gasteiger partial charge in [-0.15, -0.1) is 0 Å². The number of methoxy groups -OCH3 is 1. The monoisotopic (exact) mass is 191 g/mol. The molecule has 0 saturated heterocycles. The third-order valence-corrected chi connectivity index (χ3v) is 1.54. The SMILES string of the molecule is COCCC(=O)NCCC(O)CO. The first-order chi connectivity index (χ1) is 6.20. The second kappa shape index (κ2) is 7.97. The lowest BCUT2D eigenvalue weighted by Crippen LogP contribution is -2.28. The van der Waals surface area contributed by atoms with Crippen LogP contribution in [0.4, 0.5) is 0 Å². The van der Waals surface area contributed by atoms with Crippen LogP contribution in [0.25, 0.3) is 0 Å². The third-order valence-electron chi connectivity index (χ3n) is 1.54. The average Bonchev–Trinajstić information content (AvgIpc) is 2.14. The van der Waals surface area contributed by atoms with Crippen molar-refractivity contribution in [3.05, 3.63) is 0 Å². The molecule has 0 radical (unpaired) electrons. The lowest BCUT2D eigenvalue weighted by molar-refractivity contribution is -0.122. The van der Waals surface area contributed by atoms with Crippen molar-refractivity contribution in [2.45, 2.75) is 18.9 Å². The zero-order chi connectivity index (χ0) is 10.1. The first-order valence-electron chi connectivity index (χ1n) is 4.25. The number of carbonyl (C=O) groups excluding carboxylic acids is 1. The van der Waals surface area contributed by atoms with Crippen LogP contribution in [0.2, 0.25) is 0 Å². The molecule has 0 heterocycles. The van der Waals surface area contributed by atoms with Gasteiger partial charge in [-0.1, -0.05) is 0 Å². The highest BCUT2D eigenvalue weighted by Gasteiger charge is 2.03. The van der Waals surface area contributed by atoms with Gasteiger partial charge in [-0.05, 0) is 6.42 Å². The Morgan fingerprint density at radius 1 is 1.62 bits per heavy atom. The lowest BCUT2D eigenvalue weighted by atomic mass is 10.2. The topological polar surface area (TPSA) is 78.8 Å². The molecule has 0 aliphatic heterocycles. The molecule has 0 aromatic rings. The summed E-state index contributed by atoms with van der Waals surface area (Å²) in [5, 5.41) is 20.0. The molecule has 5 heteroatoms. The summed E-state index contributed by atoms with van der Waals surface area (Å²) in [6.07, 6.45) is -0.0521. The molecule has 0 aliphatic carbocycles. The standard InChI is InChI=1S/C8H17NO4/c1-13-5-3-8(12)9-4-2-7(11)6-10/h7,10-11H,2-6H2,1H3,(H,9,12). The van der Waals surface area contributed by atoms with Gasteiger partial charge in [0.05, 0.1) is 19.3 Å². The van der Waals surface area contributed by atoms with E-state index in [0.29, 0.717) is 26.0 Å². The molecule has 0 aliphatic rings. The number of carbonyl (C=O) groups is 1. The van der Waals surface area contributed by atoms with Gasteiger partial charge in [0.1, 0.15) is 0 Å². The van der Waals surface area contributed by atoms with E-state index in [1.807, 2.05) is 0 Å². The molecule has 0 aromatic carbocycles. The molecule has 0 fully saturated rings. The van der Waals surface area contributed by atoms with Crippen LogP contribution in [-0.2, 0) is 9.53 Å². The number of hydrogen-bond acceptors (Lipinski definition) is 4. The van der Waals surface area contributed by atoms with E-state index in [-0.39, 0.29) is 12.5 Å². The van der Waals surface area contributed by atoms with E-state index >= 15 is 0 Å². The van der Waals surface area contributed by atoms with Crippen molar-refractivity contribution in [2.24, 2.45) is 0 Å². The summed E-state index contributed by atoms with van der Waals surface area (Å²) in [7, 11) is 1.53. The van der Waals surface area contributed by atoms with Crippen molar-refractivity contribution in [3.8, 4) is 0 Å². The second-order valence-corrected chi connectivity index (χ2v) is 2.72. The maximum Gasteiger partial charge on any atom is 0.222 e. The van der Waals surface area contributed by atoms with Crippen LogP contribution in [0.1, 0.15) is 12.8 Å². The van der Waals surface area contributed by atoms with Gasteiger partial charge in [-0.2, -0.15) is 0 Å². The van der Waals surface area contributed by atoms with Crippen molar-refractivity contribution in [1.82, 2.24) is 5.32 Å². The van der Waals surface area contributed by atoms with Crippen molar-refractivity contribution >= 4 is 5.91 Å². The first-order valence-corrected chi connectivity index (χ1v) is 4.25. The molecule has 0 spiro atoms. The van der Waals surface area contributed by atoms with Crippen LogP contribution in [0.5, 0.6) is 0 Å². The molecule has 13 heavy (non-hydrogen) atoms. The number of hydrogen-bond donors (Lipinski definition) is 3. The van der Waals surface area contributed by atoms with Gasteiger partial charge in [0.15, 0.2) is 0 Å². The molecule has 1 unspecified atom stereocenters. The molecule has 0 aromatic heterocycles. The Balaban J connectivity index is 3.26. The van der Waals surface area contributed by atoms with E-state index in [9.17, 15) is 4.79 Å². The molecule has 5 nitrogen and oxygen atoms in total. The Morgan fingerprint density at radius 3 is 2.85 bits per heavy atom. The number of amides is 1. The summed E-state index contributed by atoms with van der Waals surface area (Å²) in [4.78, 5) is 10.9. The fraction of sp³-hybridized carbons (Fsp3) is 0.875. The van der Waals surface area contributed by atoms with Gasteiger partial charge >= 0.3 is 0 Å². The van der Waals surface area contributed by atoms with Gasteiger partial charge < -0.3 is 20.3 Å². The molecule has 0 saturated carbocycles. The smallest absolute Gasteiger partial charge is 0.222 e. The number of aliphatic hydroxyl groups is 2. The Kier molecular flexibility index (Phi) is 7.57. The number of nitrogens with one attached hydrogen (secondary N) is 1. The normalized spacial score (nSPS) is 12.5. The van der Waals surface area contributed by atoms with E-state index in [1.54, 1.807) is 0 Å². The van der Waals surface area contributed by atoms with Crippen LogP contribution in [0.3, 0.4) is 0 Å². The molecule has 1 atom stereocenters. The summed E-state index contributed by atoms with van der Waals surface area (Å²) in [6, 6.07) is 0. The van der Waals surface area contributed by atoms with Crippen molar-refractivity contribution in [1.29, 1.82) is 0 Å². The van der Waals surface area contributed by atoms with E-state index in [4.69, 9.17) is 14.9 Å². The quantitative estimate of drug-likeness (QED) is 0.476. The Bertz CT molecular complexity index is 140. The molecule has 1 amide bonds. The Labute approximate surface area is 77.7 Å². The van der Waals surface area contributed by atoms with Crippen LogP contribution >= 0.6 is 0 Å². The van der Waals surface area contributed by atoms with Crippen LogP contribution in [0, 0.1) is 0 Å². The van der Waals surface area contributed by atoms with Gasteiger partial charge in [-0.3, -0.25) is 4.79 Å². The van der Waals surface area contributed by atoms with Gasteiger partial charge in [-0.25, -0.2) is 0 Å². The summed E-state index contributed by atoms with van der Waals surface area (Å²) in [5.74, 6) is -0.105. The highest BCUT2D eigenvalue weighted by molar-refractivity contribution is 5.75. The third kappa shape index (κ3) is 7.70. The molecule has 0 rings (SSSR count). The molecule has 78 valence electrons. The second-order valence-electron chi connectivity index (χ2n) is 2.72. The summed E-state index contributed by atoms with van der Waals surface area (Å²) in [6.45, 7) is 0.507. The van der Waals surface area contributed by atoms with E-state index in [1.165, 1.54) is 7.11 Å². The van der Waals surface area contributed by atoms with Gasteiger partial charge in [0.2, 0.25) is 5.91 Å². The van der Waals surface area contributed by atoms with Crippen molar-refractivity contribution in [2.75, 3.05) is 26.9 Å². The minimum Gasteiger partial charge on any atom is -0.394 e. The van der Waals surface area contributed by atoms with Crippen molar-refractivity contribution in [3.63, 3.8) is 0 Å². The van der Waals surface area contributed by atoms with Crippen LogP contribution < -0.4 is 5.32 Å². The number of aliphatic hydroxyl groups excluding tert-OH is 2. The highest BCUT2D eigenvalue weighted by atomic mass is 16.5. The largest absolute Gasteiger partial charge is 0.394 e. The summed E-state index contributed by atoms with van der Waals surface area (Å²) < 4.78 is 4.71. The Hall–Kier alpha value is -0.650. The van der Waals surface area contributed by atoms with Crippen LogP contribution in [-0.4, -0.2) is 49.1 Å². The zero-order valence-corrected chi connectivity index (χ0v) is 7.82. The highest BCUT2D eigenvalue weighted by Crippen LogP contribution is 1.88. The minimum absolute atomic E-state index is 0.105. The fourth-order valence-corrected chi connectivity index (χ4v) is 0.753. The molecular weight excluding hydrogens is 174 g/mol. The molecule has 0 bridgehead atoms. The van der Waals surface area contributed by atoms with Crippen molar-refractivity contribution < 1.29 is 19.7 Å². The Morgan fingerprint density at radius 2 is 2.31 bits per heavy atom. The van der Waals surface area contributed by atoms with Gasteiger partial charge in [0.25, 0.3) is 0 Å². The minimum atomic E-state index is -0.747. The maximum absolute atomic E-state index is 10.9. The maximum atomic E-state index is 10.9. The average molecular weight is 191 g/mol. The first kappa shape index (κ1) is 12.3. The van der Waals surface area contributed by atoms with E-state index in [0.717, 1.165) is 0 Å². The summed E-state index contributed by atoms with van der Waals surface area (Å²) in [5.41, 5.74) is 0. The molecular formula is C8H17NO4. The predicted molar refractivity (Wildman–Crippen MR) is 47.2 cm³/mol. The number of rotatable bonds is 7. The zero-order valence-electron chi connectivity index (χ0n) is 7.82. The van der Waals surface area contributed by atoms with E-state index < -0.39 is 6.10 Å². The lowest BCUT2D eigenvalue weighted by Gasteiger charge is -2.07. The van der Waals surface area contributed by atoms with Gasteiger partial charge in [0, 0.05) is 20.1 Å². The molecule has 3 N–H and O–H groups in total. The number of ether oxygens (including phenoxy) is 1. The fourth-order valence-electron chi connectivity index (χ4n) is 0.753. The van der Waals surface area contributed by atoms with Crippen LogP contribution in [0.15, 0.2) is 0 Å².